The summed E-state index contributed by atoms with van der Waals surface area (Å²) in [5, 5.41) is 0.567. The molecule has 4 nitrogen and oxygen atoms in total. The number of hydrogen-bond donors (Lipinski definition) is 0. The van der Waals surface area contributed by atoms with Gasteiger partial charge in [-0.25, -0.2) is 0 Å². The Morgan fingerprint density at radius 2 is 1.95 bits per heavy atom. The van der Waals surface area contributed by atoms with Gasteiger partial charge in [0, 0.05) is 16.8 Å². The number of amides is 1. The molecule has 0 bridgehead atoms. The summed E-state index contributed by atoms with van der Waals surface area (Å²) in [4.78, 5) is 20.0. The van der Waals surface area contributed by atoms with Gasteiger partial charge in [-0.2, -0.15) is 4.99 Å². The van der Waals surface area contributed by atoms with Gasteiger partial charge in [0.05, 0.1) is 7.11 Å². The van der Waals surface area contributed by atoms with Gasteiger partial charge in [0.25, 0.3) is 5.91 Å². The molecule has 0 aliphatic rings. The number of aliphatic imine (C=N–C) groups is 1. The Bertz CT molecular complexity index is 595. The second-order valence-electron chi connectivity index (χ2n) is 3.65. The molecule has 0 unspecified atom stereocenters. The summed E-state index contributed by atoms with van der Waals surface area (Å²) in [7, 11) is 1.45. The Balaban J connectivity index is 2.28. The highest BCUT2D eigenvalue weighted by atomic mass is 35.5. The third kappa shape index (κ3) is 3.39. The summed E-state index contributed by atoms with van der Waals surface area (Å²) in [5.41, 5.74) is 0.946. The zero-order valence-electron chi connectivity index (χ0n) is 10.2. The van der Waals surface area contributed by atoms with Crippen LogP contribution in [0, 0.1) is 0 Å². The van der Waals surface area contributed by atoms with E-state index in [1.54, 1.807) is 48.7 Å². The number of hydrogen-bond acceptors (Lipinski definition) is 3. The van der Waals surface area contributed by atoms with E-state index in [-0.39, 0.29) is 5.90 Å². The molecule has 1 aromatic carbocycles. The molecule has 0 saturated carbocycles. The summed E-state index contributed by atoms with van der Waals surface area (Å²) < 4.78 is 5.09. The smallest absolute Gasteiger partial charge is 0.280 e. The van der Waals surface area contributed by atoms with E-state index in [4.69, 9.17) is 16.3 Å². The van der Waals surface area contributed by atoms with Crippen LogP contribution in [0.3, 0.4) is 0 Å². The lowest BCUT2D eigenvalue weighted by Gasteiger charge is -2.03. The number of benzene rings is 1. The van der Waals surface area contributed by atoms with Crippen molar-refractivity contribution in [3.8, 4) is 0 Å². The highest BCUT2D eigenvalue weighted by molar-refractivity contribution is 6.30. The minimum atomic E-state index is -0.404. The Morgan fingerprint density at radius 1 is 1.21 bits per heavy atom. The van der Waals surface area contributed by atoms with Gasteiger partial charge in [-0.3, -0.25) is 9.78 Å². The van der Waals surface area contributed by atoms with Gasteiger partial charge in [0.15, 0.2) is 0 Å². The van der Waals surface area contributed by atoms with Crippen LogP contribution in [-0.2, 0) is 4.74 Å². The average Bonchev–Trinajstić information content (AvgIpc) is 2.46. The standard InChI is InChI=1S/C14H11ClN2O2/c1-19-14(12-4-2-3-9-16-12)17-13(18)10-5-7-11(15)8-6-10/h2-9H,1H3. The number of methoxy groups -OCH3 is 1. The van der Waals surface area contributed by atoms with Crippen molar-refractivity contribution in [3.63, 3.8) is 0 Å². The molecule has 5 heteroatoms. The number of aromatic nitrogens is 1. The maximum absolute atomic E-state index is 12.0. The van der Waals surface area contributed by atoms with Crippen LogP contribution >= 0.6 is 11.6 Å². The van der Waals surface area contributed by atoms with Gasteiger partial charge in [0.2, 0.25) is 5.90 Å². The van der Waals surface area contributed by atoms with Crippen LogP contribution in [0.15, 0.2) is 53.7 Å². The fraction of sp³-hybridized carbons (Fsp3) is 0.0714. The molecule has 2 aromatic rings. The predicted octanol–water partition coefficient (Wildman–Crippen LogP) is 2.97. The van der Waals surface area contributed by atoms with Crippen LogP contribution in [-0.4, -0.2) is 23.9 Å². The minimum Gasteiger partial charge on any atom is -0.479 e. The number of halogens is 1. The SMILES string of the molecule is COC(=NC(=O)c1ccc(Cl)cc1)c1ccccn1. The molecule has 0 aliphatic heterocycles. The molecule has 0 atom stereocenters. The van der Waals surface area contributed by atoms with Gasteiger partial charge < -0.3 is 4.74 Å². The Morgan fingerprint density at radius 3 is 2.53 bits per heavy atom. The monoisotopic (exact) mass is 274 g/mol. The van der Waals surface area contributed by atoms with Crippen LogP contribution in [0.5, 0.6) is 0 Å². The Kier molecular flexibility index (Phi) is 4.26. The molecule has 0 spiro atoms. The van der Waals surface area contributed by atoms with Crippen molar-refractivity contribution in [1.29, 1.82) is 0 Å². The zero-order valence-corrected chi connectivity index (χ0v) is 11.0. The third-order valence-corrected chi connectivity index (χ3v) is 2.62. The van der Waals surface area contributed by atoms with Crippen molar-refractivity contribution in [3.05, 3.63) is 64.9 Å². The van der Waals surface area contributed by atoms with Crippen LogP contribution in [0.25, 0.3) is 0 Å². The largest absolute Gasteiger partial charge is 0.479 e. The molecule has 0 saturated heterocycles. The minimum absolute atomic E-state index is 0.181. The second-order valence-corrected chi connectivity index (χ2v) is 4.08. The molecule has 0 aliphatic carbocycles. The first-order chi connectivity index (χ1) is 9.20. The van der Waals surface area contributed by atoms with Crippen molar-refractivity contribution >= 4 is 23.4 Å². The van der Waals surface area contributed by atoms with E-state index in [0.29, 0.717) is 16.3 Å². The third-order valence-electron chi connectivity index (χ3n) is 2.37. The molecular formula is C14H11ClN2O2. The van der Waals surface area contributed by atoms with E-state index >= 15 is 0 Å². The number of rotatable bonds is 2. The molecule has 0 radical (unpaired) electrons. The van der Waals surface area contributed by atoms with Gasteiger partial charge in [0.1, 0.15) is 5.69 Å². The topological polar surface area (TPSA) is 51.5 Å². The number of carbonyl (C=O) groups is 1. The first-order valence-electron chi connectivity index (χ1n) is 5.54. The fourth-order valence-electron chi connectivity index (χ4n) is 1.45. The number of nitrogens with zero attached hydrogens (tertiary/aromatic N) is 2. The van der Waals surface area contributed by atoms with E-state index in [2.05, 4.69) is 9.98 Å². The first-order valence-corrected chi connectivity index (χ1v) is 5.92. The predicted molar refractivity (Wildman–Crippen MR) is 73.6 cm³/mol. The summed E-state index contributed by atoms with van der Waals surface area (Å²) in [5.74, 6) is -0.222. The maximum atomic E-state index is 12.0. The lowest BCUT2D eigenvalue weighted by atomic mass is 10.2. The van der Waals surface area contributed by atoms with Crippen molar-refractivity contribution in [1.82, 2.24) is 4.98 Å². The van der Waals surface area contributed by atoms with Gasteiger partial charge >= 0.3 is 0 Å². The van der Waals surface area contributed by atoms with E-state index in [1.165, 1.54) is 7.11 Å². The van der Waals surface area contributed by atoms with Crippen molar-refractivity contribution < 1.29 is 9.53 Å². The highest BCUT2D eigenvalue weighted by Gasteiger charge is 2.09. The average molecular weight is 275 g/mol. The molecule has 96 valence electrons. The molecule has 19 heavy (non-hydrogen) atoms. The molecular weight excluding hydrogens is 264 g/mol. The van der Waals surface area contributed by atoms with Gasteiger partial charge in [-0.1, -0.05) is 17.7 Å². The molecule has 1 heterocycles. The fourth-order valence-corrected chi connectivity index (χ4v) is 1.57. The van der Waals surface area contributed by atoms with Crippen molar-refractivity contribution in [2.45, 2.75) is 0 Å². The number of carbonyl (C=O) groups excluding carboxylic acids is 1. The lowest BCUT2D eigenvalue weighted by Crippen LogP contribution is -2.09. The molecule has 1 aromatic heterocycles. The van der Waals surface area contributed by atoms with Crippen molar-refractivity contribution in [2.75, 3.05) is 7.11 Å². The summed E-state index contributed by atoms with van der Waals surface area (Å²) in [6.45, 7) is 0. The van der Waals surface area contributed by atoms with Crippen molar-refractivity contribution in [2.24, 2.45) is 4.99 Å². The quantitative estimate of drug-likeness (QED) is 0.625. The summed E-state index contributed by atoms with van der Waals surface area (Å²) in [6.07, 6.45) is 1.61. The lowest BCUT2D eigenvalue weighted by molar-refractivity contribution is 0.1000. The van der Waals surface area contributed by atoms with Crippen LogP contribution in [0.1, 0.15) is 16.1 Å². The van der Waals surface area contributed by atoms with Crippen LogP contribution < -0.4 is 0 Å². The molecule has 2 rings (SSSR count). The molecule has 0 N–H and O–H groups in total. The first kappa shape index (κ1) is 13.2. The molecule has 1 amide bonds. The van der Waals surface area contributed by atoms with E-state index in [1.807, 2.05) is 0 Å². The summed E-state index contributed by atoms with van der Waals surface area (Å²) >= 11 is 5.76. The Hall–Kier alpha value is -2.20. The van der Waals surface area contributed by atoms with Crippen LogP contribution in [0.4, 0.5) is 0 Å². The number of pyridine rings is 1. The molecule has 0 fully saturated rings. The highest BCUT2D eigenvalue weighted by Crippen LogP contribution is 2.11. The maximum Gasteiger partial charge on any atom is 0.280 e. The summed E-state index contributed by atoms with van der Waals surface area (Å²) in [6, 6.07) is 11.8. The van der Waals surface area contributed by atoms with E-state index in [0.717, 1.165) is 0 Å². The van der Waals surface area contributed by atoms with E-state index in [9.17, 15) is 4.79 Å². The normalized spacial score (nSPS) is 11.2. The second kappa shape index (κ2) is 6.11. The van der Waals surface area contributed by atoms with Gasteiger partial charge in [-0.15, -0.1) is 0 Å². The zero-order chi connectivity index (χ0) is 13.7. The van der Waals surface area contributed by atoms with Crippen LogP contribution in [0.2, 0.25) is 5.02 Å². The Labute approximate surface area is 115 Å². The van der Waals surface area contributed by atoms with Gasteiger partial charge in [-0.05, 0) is 36.4 Å². The number of ether oxygens (including phenoxy) is 1. The van der Waals surface area contributed by atoms with E-state index < -0.39 is 5.91 Å².